The monoisotopic (exact) mass is 264 g/mol. The highest BCUT2D eigenvalue weighted by Crippen LogP contribution is 2.22. The van der Waals surface area contributed by atoms with Crippen LogP contribution in [0.2, 0.25) is 0 Å². The normalized spacial score (nSPS) is 13.9. The van der Waals surface area contributed by atoms with Gasteiger partial charge in [-0.05, 0) is 6.07 Å². The summed E-state index contributed by atoms with van der Waals surface area (Å²) in [7, 11) is 0. The molecule has 4 nitrogen and oxygen atoms in total. The summed E-state index contributed by atoms with van der Waals surface area (Å²) in [6, 6.07) is 1.46. The molecule has 0 radical (unpaired) electrons. The van der Waals surface area contributed by atoms with E-state index in [4.69, 9.17) is 5.11 Å². The van der Waals surface area contributed by atoms with Gasteiger partial charge in [0, 0.05) is 25.1 Å². The smallest absolute Gasteiger partial charge is 0.384 e. The predicted molar refractivity (Wildman–Crippen MR) is 58.1 cm³/mol. The molecule has 0 amide bonds. The molecule has 1 aromatic heterocycles. The molecule has 1 heterocycles. The number of ketones is 1. The van der Waals surface area contributed by atoms with Crippen molar-refractivity contribution in [1.29, 1.82) is 0 Å². The molecule has 0 saturated heterocycles. The van der Waals surface area contributed by atoms with E-state index >= 15 is 0 Å². The fourth-order valence-electron chi connectivity index (χ4n) is 1.42. The first-order valence-corrected chi connectivity index (χ1v) is 5.54. The molecule has 0 aromatic carbocycles. The lowest BCUT2D eigenvalue weighted by Crippen LogP contribution is -2.30. The van der Waals surface area contributed by atoms with Crippen LogP contribution in [0.15, 0.2) is 12.3 Å². The molecule has 102 valence electrons. The first-order valence-electron chi connectivity index (χ1n) is 5.54. The van der Waals surface area contributed by atoms with E-state index in [2.05, 4.69) is 5.10 Å². The first kappa shape index (κ1) is 14.7. The van der Waals surface area contributed by atoms with E-state index < -0.39 is 18.7 Å². The van der Waals surface area contributed by atoms with Gasteiger partial charge in [0.2, 0.25) is 0 Å². The van der Waals surface area contributed by atoms with Crippen LogP contribution >= 0.6 is 0 Å². The van der Waals surface area contributed by atoms with Gasteiger partial charge in [0.1, 0.15) is 5.69 Å². The molecular weight excluding hydrogens is 249 g/mol. The van der Waals surface area contributed by atoms with Crippen LogP contribution in [-0.4, -0.2) is 33.0 Å². The summed E-state index contributed by atoms with van der Waals surface area (Å²) in [5, 5.41) is 12.7. The summed E-state index contributed by atoms with van der Waals surface area (Å²) in [5.74, 6) is -0.443. The average Bonchev–Trinajstić information content (AvgIpc) is 2.71. The Labute approximate surface area is 102 Å². The molecule has 0 aliphatic heterocycles. The second-order valence-electron chi connectivity index (χ2n) is 4.30. The van der Waals surface area contributed by atoms with Gasteiger partial charge in [-0.15, -0.1) is 0 Å². The number of nitrogens with zero attached hydrogens (tertiary/aromatic N) is 2. The number of carbonyl (C=O) groups excluding carboxylic acids is 1. The lowest BCUT2D eigenvalue weighted by Gasteiger charge is -2.15. The van der Waals surface area contributed by atoms with Crippen molar-refractivity contribution < 1.29 is 23.1 Å². The number of aromatic nitrogens is 2. The zero-order chi connectivity index (χ0) is 13.9. The largest absolute Gasteiger partial charge is 0.414 e. The lowest BCUT2D eigenvalue weighted by molar-refractivity contribution is -0.206. The van der Waals surface area contributed by atoms with Crippen molar-refractivity contribution in [3.8, 4) is 0 Å². The average molecular weight is 264 g/mol. The topological polar surface area (TPSA) is 55.1 Å². The van der Waals surface area contributed by atoms with Gasteiger partial charge in [-0.2, -0.15) is 18.3 Å². The fourth-order valence-corrected chi connectivity index (χ4v) is 1.42. The van der Waals surface area contributed by atoms with Crippen molar-refractivity contribution >= 4 is 5.78 Å². The Morgan fingerprint density at radius 3 is 2.61 bits per heavy atom. The second-order valence-corrected chi connectivity index (χ2v) is 4.30. The third-order valence-electron chi connectivity index (χ3n) is 2.49. The van der Waals surface area contributed by atoms with Crippen LogP contribution in [0.3, 0.4) is 0 Å². The van der Waals surface area contributed by atoms with E-state index in [1.54, 1.807) is 13.8 Å². The molecule has 1 aromatic rings. The van der Waals surface area contributed by atoms with E-state index in [0.29, 0.717) is 0 Å². The summed E-state index contributed by atoms with van der Waals surface area (Å²) in [6.07, 6.45) is -6.21. The number of aliphatic hydroxyl groups is 1. The number of hydrogen-bond acceptors (Lipinski definition) is 3. The molecule has 1 atom stereocenters. The van der Waals surface area contributed by atoms with Crippen LogP contribution < -0.4 is 0 Å². The Balaban J connectivity index is 2.70. The van der Waals surface area contributed by atoms with E-state index in [0.717, 1.165) is 0 Å². The molecule has 1 unspecified atom stereocenters. The molecule has 1 rings (SSSR count). The van der Waals surface area contributed by atoms with E-state index in [1.807, 2.05) is 0 Å². The highest BCUT2D eigenvalue weighted by Gasteiger charge is 2.37. The molecule has 0 fully saturated rings. The van der Waals surface area contributed by atoms with Gasteiger partial charge in [-0.25, -0.2) is 0 Å². The Morgan fingerprint density at radius 1 is 1.50 bits per heavy atom. The van der Waals surface area contributed by atoms with Crippen LogP contribution in [0.1, 0.15) is 30.8 Å². The third kappa shape index (κ3) is 3.56. The second kappa shape index (κ2) is 5.51. The maximum Gasteiger partial charge on any atom is 0.414 e. The van der Waals surface area contributed by atoms with Crippen LogP contribution in [0.4, 0.5) is 13.2 Å². The SMILES string of the molecule is CC(C)C(=O)c1ccnn1CCC(O)C(F)(F)F. The minimum Gasteiger partial charge on any atom is -0.384 e. The van der Waals surface area contributed by atoms with Crippen LogP contribution in [0.25, 0.3) is 0 Å². The van der Waals surface area contributed by atoms with Crippen molar-refractivity contribution in [2.24, 2.45) is 5.92 Å². The molecule has 0 aliphatic carbocycles. The Bertz CT molecular complexity index is 413. The number of hydrogen-bond donors (Lipinski definition) is 1. The van der Waals surface area contributed by atoms with Crippen molar-refractivity contribution in [3.05, 3.63) is 18.0 Å². The molecule has 18 heavy (non-hydrogen) atoms. The summed E-state index contributed by atoms with van der Waals surface area (Å²) < 4.78 is 37.5. The Morgan fingerprint density at radius 2 is 2.11 bits per heavy atom. The van der Waals surface area contributed by atoms with Crippen LogP contribution in [0, 0.1) is 5.92 Å². The van der Waals surface area contributed by atoms with Crippen LogP contribution in [-0.2, 0) is 6.54 Å². The van der Waals surface area contributed by atoms with Crippen molar-refractivity contribution in [1.82, 2.24) is 9.78 Å². The molecule has 0 spiro atoms. The number of carbonyl (C=O) groups is 1. The third-order valence-corrected chi connectivity index (χ3v) is 2.49. The maximum absolute atomic E-state index is 12.1. The number of Topliss-reactive ketones (excluding diaryl/α,β-unsaturated/α-hetero) is 1. The molecule has 0 aliphatic rings. The van der Waals surface area contributed by atoms with Crippen molar-refractivity contribution in [2.45, 2.75) is 39.1 Å². The van der Waals surface area contributed by atoms with Gasteiger partial charge < -0.3 is 5.11 Å². The zero-order valence-corrected chi connectivity index (χ0v) is 10.1. The van der Waals surface area contributed by atoms with E-state index in [-0.39, 0.29) is 23.9 Å². The fraction of sp³-hybridized carbons (Fsp3) is 0.636. The number of halogens is 3. The van der Waals surface area contributed by atoms with Crippen LogP contribution in [0.5, 0.6) is 0 Å². The first-order chi connectivity index (χ1) is 8.23. The molecule has 0 saturated carbocycles. The van der Waals surface area contributed by atoms with Gasteiger partial charge in [-0.1, -0.05) is 13.8 Å². The highest BCUT2D eigenvalue weighted by molar-refractivity contribution is 5.95. The predicted octanol–water partition coefficient (Wildman–Crippen LogP) is 2.04. The standard InChI is InChI=1S/C11H15F3N2O2/c1-7(2)10(18)8-3-5-15-16(8)6-4-9(17)11(12,13)14/h3,5,7,9,17H,4,6H2,1-2H3. The number of rotatable bonds is 5. The molecule has 1 N–H and O–H groups in total. The zero-order valence-electron chi connectivity index (χ0n) is 10.1. The van der Waals surface area contributed by atoms with Gasteiger partial charge >= 0.3 is 6.18 Å². The maximum atomic E-state index is 12.1. The Kier molecular flexibility index (Phi) is 4.50. The molecule has 0 bridgehead atoms. The van der Waals surface area contributed by atoms with Crippen molar-refractivity contribution in [3.63, 3.8) is 0 Å². The minimum atomic E-state index is -4.64. The number of aliphatic hydroxyl groups excluding tert-OH is 1. The highest BCUT2D eigenvalue weighted by atomic mass is 19.4. The summed E-state index contributed by atoms with van der Waals surface area (Å²) in [4.78, 5) is 11.7. The van der Waals surface area contributed by atoms with Gasteiger partial charge in [0.15, 0.2) is 11.9 Å². The van der Waals surface area contributed by atoms with Gasteiger partial charge in [-0.3, -0.25) is 9.48 Å². The van der Waals surface area contributed by atoms with Gasteiger partial charge in [0.25, 0.3) is 0 Å². The quantitative estimate of drug-likeness (QED) is 0.828. The number of alkyl halides is 3. The van der Waals surface area contributed by atoms with E-state index in [9.17, 15) is 18.0 Å². The minimum absolute atomic E-state index is 0.151. The Hall–Kier alpha value is -1.37. The summed E-state index contributed by atoms with van der Waals surface area (Å²) >= 11 is 0. The van der Waals surface area contributed by atoms with Crippen molar-refractivity contribution in [2.75, 3.05) is 0 Å². The molecule has 7 heteroatoms. The van der Waals surface area contributed by atoms with Gasteiger partial charge in [0.05, 0.1) is 0 Å². The number of aryl methyl sites for hydroxylation is 1. The summed E-state index contributed by atoms with van der Waals surface area (Å²) in [6.45, 7) is 3.25. The summed E-state index contributed by atoms with van der Waals surface area (Å²) in [5.41, 5.74) is 0.263. The lowest BCUT2D eigenvalue weighted by atomic mass is 10.1. The van der Waals surface area contributed by atoms with E-state index in [1.165, 1.54) is 16.9 Å². The molecular formula is C11H15F3N2O2.